The standard InChI is InChI=1S/C17H26N2O/c1-17(2,11-13-6-4-3-5-7-13)12-19-16(20)14-8-9-15(18)10-14/h3-7,14-15H,8-12,18H2,1-2H3,(H,19,20). The maximum Gasteiger partial charge on any atom is 0.223 e. The summed E-state index contributed by atoms with van der Waals surface area (Å²) in [7, 11) is 0. The molecule has 0 aliphatic heterocycles. The van der Waals surface area contributed by atoms with Crippen molar-refractivity contribution in [1.82, 2.24) is 5.32 Å². The maximum absolute atomic E-state index is 12.1. The molecule has 110 valence electrons. The van der Waals surface area contributed by atoms with Crippen LogP contribution in [0.25, 0.3) is 0 Å². The predicted octanol–water partition coefficient (Wildman–Crippen LogP) is 2.50. The van der Waals surface area contributed by atoms with E-state index in [0.29, 0.717) is 6.54 Å². The van der Waals surface area contributed by atoms with E-state index in [1.165, 1.54) is 5.56 Å². The van der Waals surface area contributed by atoms with Gasteiger partial charge in [0, 0.05) is 18.5 Å². The zero-order valence-electron chi connectivity index (χ0n) is 12.6. The van der Waals surface area contributed by atoms with Gasteiger partial charge in [-0.15, -0.1) is 0 Å². The van der Waals surface area contributed by atoms with Crippen LogP contribution in [0.1, 0.15) is 38.7 Å². The van der Waals surface area contributed by atoms with Gasteiger partial charge in [-0.05, 0) is 36.7 Å². The summed E-state index contributed by atoms with van der Waals surface area (Å²) >= 11 is 0. The van der Waals surface area contributed by atoms with Crippen molar-refractivity contribution in [3.8, 4) is 0 Å². The Hall–Kier alpha value is -1.35. The summed E-state index contributed by atoms with van der Waals surface area (Å²) in [5.74, 6) is 0.302. The van der Waals surface area contributed by atoms with Crippen molar-refractivity contribution in [2.24, 2.45) is 17.1 Å². The van der Waals surface area contributed by atoms with E-state index in [0.717, 1.165) is 25.7 Å². The van der Waals surface area contributed by atoms with Crippen molar-refractivity contribution in [3.05, 3.63) is 35.9 Å². The van der Waals surface area contributed by atoms with Crippen LogP contribution in [0.5, 0.6) is 0 Å². The average Bonchev–Trinajstić information content (AvgIpc) is 2.83. The monoisotopic (exact) mass is 274 g/mol. The number of benzene rings is 1. The predicted molar refractivity (Wildman–Crippen MR) is 82.3 cm³/mol. The molecule has 3 N–H and O–H groups in total. The first-order valence-electron chi connectivity index (χ1n) is 7.53. The van der Waals surface area contributed by atoms with E-state index in [1.807, 2.05) is 6.07 Å². The molecule has 0 heterocycles. The molecule has 1 aliphatic carbocycles. The van der Waals surface area contributed by atoms with Crippen molar-refractivity contribution in [3.63, 3.8) is 0 Å². The molecule has 0 aromatic heterocycles. The van der Waals surface area contributed by atoms with Gasteiger partial charge in [0.05, 0.1) is 0 Å². The fourth-order valence-corrected chi connectivity index (χ4v) is 2.94. The lowest BCUT2D eigenvalue weighted by Crippen LogP contribution is -2.38. The molecule has 2 unspecified atom stereocenters. The Bertz CT molecular complexity index is 442. The molecule has 20 heavy (non-hydrogen) atoms. The van der Waals surface area contributed by atoms with Gasteiger partial charge in [0.15, 0.2) is 0 Å². The van der Waals surface area contributed by atoms with Crippen LogP contribution in [-0.4, -0.2) is 18.5 Å². The van der Waals surface area contributed by atoms with Crippen molar-refractivity contribution in [2.75, 3.05) is 6.54 Å². The molecule has 2 atom stereocenters. The van der Waals surface area contributed by atoms with E-state index in [4.69, 9.17) is 5.73 Å². The highest BCUT2D eigenvalue weighted by molar-refractivity contribution is 5.79. The molecular weight excluding hydrogens is 248 g/mol. The lowest BCUT2D eigenvalue weighted by molar-refractivity contribution is -0.125. The van der Waals surface area contributed by atoms with Gasteiger partial charge in [-0.2, -0.15) is 0 Å². The van der Waals surface area contributed by atoms with Crippen LogP contribution >= 0.6 is 0 Å². The van der Waals surface area contributed by atoms with Crippen LogP contribution in [0, 0.1) is 11.3 Å². The number of nitrogens with one attached hydrogen (secondary N) is 1. The van der Waals surface area contributed by atoms with Crippen LogP contribution in [0.3, 0.4) is 0 Å². The molecule has 3 nitrogen and oxygen atoms in total. The molecule has 1 aliphatic rings. The molecular formula is C17H26N2O. The Morgan fingerprint density at radius 2 is 2.00 bits per heavy atom. The Balaban J connectivity index is 1.81. The van der Waals surface area contributed by atoms with Gasteiger partial charge in [-0.1, -0.05) is 44.2 Å². The van der Waals surface area contributed by atoms with E-state index in [1.54, 1.807) is 0 Å². The Kier molecular flexibility index (Phi) is 4.81. The van der Waals surface area contributed by atoms with E-state index in [-0.39, 0.29) is 23.3 Å². The number of amides is 1. The second-order valence-electron chi connectivity index (χ2n) is 6.81. The molecule has 3 heteroatoms. The smallest absolute Gasteiger partial charge is 0.223 e. The summed E-state index contributed by atoms with van der Waals surface area (Å²) in [4.78, 5) is 12.1. The van der Waals surface area contributed by atoms with Crippen LogP contribution < -0.4 is 11.1 Å². The molecule has 1 aromatic rings. The number of rotatable bonds is 5. The molecule has 0 radical (unpaired) electrons. The van der Waals surface area contributed by atoms with E-state index in [9.17, 15) is 4.79 Å². The van der Waals surface area contributed by atoms with Gasteiger partial charge in [0.2, 0.25) is 5.91 Å². The van der Waals surface area contributed by atoms with Crippen LogP contribution in [0.2, 0.25) is 0 Å². The molecule has 1 fully saturated rings. The highest BCUT2D eigenvalue weighted by Gasteiger charge is 2.29. The van der Waals surface area contributed by atoms with Gasteiger partial charge < -0.3 is 11.1 Å². The zero-order chi connectivity index (χ0) is 14.6. The summed E-state index contributed by atoms with van der Waals surface area (Å²) < 4.78 is 0. The van der Waals surface area contributed by atoms with E-state index >= 15 is 0 Å². The summed E-state index contributed by atoms with van der Waals surface area (Å²) in [6, 6.07) is 10.6. The molecule has 0 bridgehead atoms. The minimum atomic E-state index is 0.0672. The lowest BCUT2D eigenvalue weighted by atomic mass is 9.85. The third-order valence-corrected chi connectivity index (χ3v) is 4.11. The number of carbonyl (C=O) groups excluding carboxylic acids is 1. The van der Waals surface area contributed by atoms with E-state index < -0.39 is 0 Å². The first-order chi connectivity index (χ1) is 9.46. The second kappa shape index (κ2) is 6.40. The van der Waals surface area contributed by atoms with Gasteiger partial charge >= 0.3 is 0 Å². The number of nitrogens with two attached hydrogens (primary N) is 1. The fourth-order valence-electron chi connectivity index (χ4n) is 2.94. The SMILES string of the molecule is CC(C)(CNC(=O)C1CCC(N)C1)Cc1ccccc1. The number of hydrogen-bond acceptors (Lipinski definition) is 2. The summed E-state index contributed by atoms with van der Waals surface area (Å²) in [5, 5.41) is 3.11. The van der Waals surface area contributed by atoms with Gasteiger partial charge in [0.1, 0.15) is 0 Å². The zero-order valence-corrected chi connectivity index (χ0v) is 12.6. The highest BCUT2D eigenvalue weighted by Crippen LogP contribution is 2.25. The van der Waals surface area contributed by atoms with Crippen LogP contribution in [0.4, 0.5) is 0 Å². The third kappa shape index (κ3) is 4.34. The summed E-state index contributed by atoms with van der Waals surface area (Å²) in [5.41, 5.74) is 7.25. The van der Waals surface area contributed by atoms with Crippen molar-refractivity contribution in [1.29, 1.82) is 0 Å². The molecule has 0 spiro atoms. The highest BCUT2D eigenvalue weighted by atomic mass is 16.1. The third-order valence-electron chi connectivity index (χ3n) is 4.11. The van der Waals surface area contributed by atoms with Gasteiger partial charge in [0.25, 0.3) is 0 Å². The molecule has 0 saturated heterocycles. The number of carbonyl (C=O) groups is 1. The largest absolute Gasteiger partial charge is 0.355 e. The Morgan fingerprint density at radius 1 is 1.30 bits per heavy atom. The normalized spacial score (nSPS) is 22.8. The minimum Gasteiger partial charge on any atom is -0.355 e. The molecule has 1 aromatic carbocycles. The molecule has 1 amide bonds. The lowest BCUT2D eigenvalue weighted by Gasteiger charge is -2.26. The molecule has 2 rings (SSSR count). The van der Waals surface area contributed by atoms with Crippen LogP contribution in [0.15, 0.2) is 30.3 Å². The van der Waals surface area contributed by atoms with Gasteiger partial charge in [-0.25, -0.2) is 0 Å². The minimum absolute atomic E-state index is 0.0672. The Labute approximate surface area is 121 Å². The first kappa shape index (κ1) is 15.0. The summed E-state index contributed by atoms with van der Waals surface area (Å²) in [6.07, 6.45) is 3.72. The van der Waals surface area contributed by atoms with Gasteiger partial charge in [-0.3, -0.25) is 4.79 Å². The average molecular weight is 274 g/mol. The fraction of sp³-hybridized carbons (Fsp3) is 0.588. The number of hydrogen-bond donors (Lipinski definition) is 2. The van der Waals surface area contributed by atoms with Crippen molar-refractivity contribution >= 4 is 5.91 Å². The van der Waals surface area contributed by atoms with E-state index in [2.05, 4.69) is 43.4 Å². The second-order valence-corrected chi connectivity index (χ2v) is 6.81. The van der Waals surface area contributed by atoms with Crippen molar-refractivity contribution < 1.29 is 4.79 Å². The Morgan fingerprint density at radius 3 is 2.60 bits per heavy atom. The van der Waals surface area contributed by atoms with Crippen LogP contribution in [-0.2, 0) is 11.2 Å². The maximum atomic E-state index is 12.1. The topological polar surface area (TPSA) is 55.1 Å². The van der Waals surface area contributed by atoms with Crippen molar-refractivity contribution in [2.45, 2.75) is 45.6 Å². The summed E-state index contributed by atoms with van der Waals surface area (Å²) in [6.45, 7) is 5.10. The first-order valence-corrected chi connectivity index (χ1v) is 7.53. The quantitative estimate of drug-likeness (QED) is 0.866. The molecule has 1 saturated carbocycles.